The molecule has 2 atom stereocenters. The summed E-state index contributed by atoms with van der Waals surface area (Å²) in [6, 6.07) is 41.6. The molecule has 0 amide bonds. The second kappa shape index (κ2) is 16.3. The van der Waals surface area contributed by atoms with E-state index in [2.05, 4.69) is 148 Å². The van der Waals surface area contributed by atoms with E-state index in [1.165, 1.54) is 141 Å². The van der Waals surface area contributed by atoms with Gasteiger partial charge in [0, 0.05) is 0 Å². The molecular weight excluding hydrogens is 863 g/mol. The van der Waals surface area contributed by atoms with E-state index in [0.29, 0.717) is 11.8 Å². The summed E-state index contributed by atoms with van der Waals surface area (Å²) >= 11 is -5.09. The number of allylic oxidation sites excluding steroid dienone is 2. The number of halogens is 2. The van der Waals surface area contributed by atoms with Crippen molar-refractivity contribution in [3.05, 3.63) is 154 Å². The summed E-state index contributed by atoms with van der Waals surface area (Å²) in [4.78, 5) is 0. The maximum atomic E-state index is 9.24. The van der Waals surface area contributed by atoms with E-state index < -0.39 is 21.5 Å². The molecule has 2 unspecified atom stereocenters. The average Bonchev–Trinajstić information content (AvgIpc) is 3.82. The molecule has 2 saturated carbocycles. The van der Waals surface area contributed by atoms with Crippen LogP contribution in [-0.2, 0) is 15.6 Å². The van der Waals surface area contributed by atoms with E-state index in [9.17, 15) is 17.0 Å². The minimum absolute atomic E-state index is 0.104. The van der Waals surface area contributed by atoms with Gasteiger partial charge in [0.2, 0.25) is 0 Å². The Morgan fingerprint density at radius 2 is 0.900 bits per heavy atom. The van der Waals surface area contributed by atoms with Crippen LogP contribution >= 0.6 is 17.0 Å². The Balaban J connectivity index is 1.19. The molecule has 6 aromatic carbocycles. The molecule has 0 N–H and O–H groups in total. The molecule has 0 nitrogen and oxygen atoms in total. The fraction of sp³-hybridized carbons (Fsp3) is 0.357. The zero-order chi connectivity index (χ0) is 41.2. The number of hydrogen-bond acceptors (Lipinski definition) is 0. The van der Waals surface area contributed by atoms with Gasteiger partial charge < -0.3 is 0 Å². The van der Waals surface area contributed by atoms with Crippen molar-refractivity contribution in [1.29, 1.82) is 0 Å². The first-order valence-corrected chi connectivity index (χ1v) is 39.6. The molecule has 0 aliphatic heterocycles. The van der Waals surface area contributed by atoms with Gasteiger partial charge in [-0.15, -0.1) is 0 Å². The summed E-state index contributed by atoms with van der Waals surface area (Å²) in [6.45, 7) is 9.72. The monoisotopic (exact) mass is 921 g/mol. The van der Waals surface area contributed by atoms with E-state index in [0.717, 1.165) is 12.8 Å². The Kier molecular flexibility index (Phi) is 11.1. The number of rotatable bonds is 9. The Labute approximate surface area is 368 Å². The van der Waals surface area contributed by atoms with Gasteiger partial charge in [0.15, 0.2) is 0 Å². The van der Waals surface area contributed by atoms with Crippen LogP contribution in [-0.4, -0.2) is 5.92 Å². The van der Waals surface area contributed by atoms with Crippen molar-refractivity contribution < 1.29 is 15.6 Å². The van der Waals surface area contributed by atoms with Gasteiger partial charge in [0.25, 0.3) is 0 Å². The van der Waals surface area contributed by atoms with Crippen molar-refractivity contribution in [3.63, 3.8) is 0 Å². The van der Waals surface area contributed by atoms with E-state index in [1.807, 2.05) is 0 Å². The average molecular weight is 924 g/mol. The molecule has 2 fully saturated rings. The van der Waals surface area contributed by atoms with Crippen LogP contribution in [0.15, 0.2) is 120 Å². The summed E-state index contributed by atoms with van der Waals surface area (Å²) in [5, 5.41) is 5.15. The number of aryl methyl sites for hydroxylation is 2. The quantitative estimate of drug-likeness (QED) is 0.127. The summed E-state index contributed by atoms with van der Waals surface area (Å²) in [5.41, 5.74) is 16.7. The molecule has 0 spiro atoms. The van der Waals surface area contributed by atoms with Gasteiger partial charge >= 0.3 is 371 Å². The van der Waals surface area contributed by atoms with Crippen LogP contribution in [0.1, 0.15) is 118 Å². The van der Waals surface area contributed by atoms with Gasteiger partial charge in [-0.3, -0.25) is 0 Å². The van der Waals surface area contributed by atoms with E-state index in [-0.39, 0.29) is 7.25 Å². The maximum absolute atomic E-state index is 9.24. The van der Waals surface area contributed by atoms with Crippen molar-refractivity contribution in [1.82, 2.24) is 0 Å². The van der Waals surface area contributed by atoms with Crippen molar-refractivity contribution in [2.24, 2.45) is 11.8 Å². The first-order valence-electron chi connectivity index (χ1n) is 23.3. The molecule has 10 rings (SSSR count). The number of fused-ring (bicyclic) bond motifs is 4. The molecule has 0 aromatic heterocycles. The van der Waals surface area contributed by atoms with Crippen molar-refractivity contribution in [2.45, 2.75) is 111 Å². The van der Waals surface area contributed by atoms with Crippen LogP contribution < -0.4 is 0 Å². The predicted molar refractivity (Wildman–Crippen MR) is 263 cm³/mol. The summed E-state index contributed by atoms with van der Waals surface area (Å²) in [7, 11) is 18.5. The summed E-state index contributed by atoms with van der Waals surface area (Å²) in [6.07, 6.45) is 20.9. The molecule has 0 heterocycles. The van der Waals surface area contributed by atoms with Gasteiger partial charge in [-0.1, -0.05) is 0 Å². The third kappa shape index (κ3) is 7.22. The molecule has 4 aliphatic carbocycles. The second-order valence-corrected chi connectivity index (χ2v) is 62.4. The second-order valence-electron chi connectivity index (χ2n) is 19.9. The van der Waals surface area contributed by atoms with Crippen LogP contribution in [0.5, 0.6) is 0 Å². The van der Waals surface area contributed by atoms with Crippen LogP contribution in [0.2, 0.25) is 13.1 Å². The van der Waals surface area contributed by atoms with E-state index >= 15 is 0 Å². The molecule has 6 aromatic rings. The van der Waals surface area contributed by atoms with Crippen LogP contribution in [0, 0.1) is 25.7 Å². The SMILES string of the molecule is Cc1cc(-c2ccc3ccccc3c2)c2c(c1)[CH]([Zr]([Cl])([Cl])([CH]1C(CC3CCCCC3)=Cc3c(-c4ccc5ccccc5c4)cc(C)cc31)[SiH](C)C)C(CC1CCCCC1)=C2. The molecular formula is C56H61Cl2SiZr. The standard InChI is InChI=1S/2C27H27.C2H7Si.2ClH.Zr/c2*1-19-13-25-16-21(15-20-7-3-2-4-8-20)17-27(25)26(14-19)24-12-11-22-9-5-6-10-23(22)18-24;1-3-2;;;/h2*5-6,9-14,16-18,20H,2-4,7-8,15H2,1H3;3H,1-2H3;2*1H;/q;;;;;+2/p-2. The summed E-state index contributed by atoms with van der Waals surface area (Å²) < 4.78 is 0.209. The summed E-state index contributed by atoms with van der Waals surface area (Å²) in [5.74, 6) is -0.353. The molecule has 0 bridgehead atoms. The van der Waals surface area contributed by atoms with Gasteiger partial charge in [-0.05, 0) is 0 Å². The molecule has 4 heteroatoms. The Morgan fingerprint density at radius 3 is 1.30 bits per heavy atom. The first kappa shape index (κ1) is 41.0. The third-order valence-corrected chi connectivity index (χ3v) is 67.4. The fourth-order valence-corrected chi connectivity index (χ4v) is 43.8. The fourth-order valence-electron chi connectivity index (χ4n) is 12.5. The van der Waals surface area contributed by atoms with Crippen molar-refractivity contribution in [2.75, 3.05) is 0 Å². The van der Waals surface area contributed by atoms with Gasteiger partial charge in [-0.2, -0.15) is 0 Å². The molecule has 0 saturated heterocycles. The molecule has 0 radical (unpaired) electrons. The first-order chi connectivity index (χ1) is 29.0. The number of benzene rings is 6. The van der Waals surface area contributed by atoms with E-state index in [1.54, 1.807) is 11.1 Å². The Hall–Kier alpha value is -3.00. The van der Waals surface area contributed by atoms with Crippen LogP contribution in [0.25, 0.3) is 56.0 Å². The van der Waals surface area contributed by atoms with Crippen molar-refractivity contribution >= 4 is 56.6 Å². The minimum atomic E-state index is -5.09. The number of hydrogen-bond donors (Lipinski definition) is 0. The predicted octanol–water partition coefficient (Wildman–Crippen LogP) is 17.4. The van der Waals surface area contributed by atoms with Gasteiger partial charge in [0.1, 0.15) is 0 Å². The zero-order valence-electron chi connectivity index (χ0n) is 36.2. The van der Waals surface area contributed by atoms with E-state index in [4.69, 9.17) is 0 Å². The Bertz CT molecular complexity index is 2510. The van der Waals surface area contributed by atoms with Gasteiger partial charge in [-0.25, -0.2) is 0 Å². The van der Waals surface area contributed by atoms with Crippen LogP contribution in [0.4, 0.5) is 0 Å². The molecule has 60 heavy (non-hydrogen) atoms. The molecule has 4 aliphatic rings. The van der Waals surface area contributed by atoms with Crippen molar-refractivity contribution in [3.8, 4) is 22.3 Å². The molecule has 307 valence electrons. The van der Waals surface area contributed by atoms with Gasteiger partial charge in [0.05, 0.1) is 0 Å². The topological polar surface area (TPSA) is 0 Å². The zero-order valence-corrected chi connectivity index (χ0v) is 41.3. The normalized spacial score (nSPS) is 20.6. The Morgan fingerprint density at radius 1 is 0.500 bits per heavy atom. The third-order valence-electron chi connectivity index (χ3n) is 15.6. The van der Waals surface area contributed by atoms with Crippen LogP contribution in [0.3, 0.4) is 0 Å².